The Labute approximate surface area is 381 Å². The van der Waals surface area contributed by atoms with Crippen LogP contribution < -0.4 is 5.73 Å². The lowest BCUT2D eigenvalue weighted by atomic mass is 9.81. The molecule has 2 saturated heterocycles. The molecule has 370 valence electrons. The second kappa shape index (κ2) is 27.7. The number of carbonyl (C=O) groups is 1. The molecule has 0 aromatic carbocycles. The third-order valence-corrected chi connectivity index (χ3v) is 12.3. The van der Waals surface area contributed by atoms with E-state index < -0.39 is 147 Å². The maximum Gasteiger partial charge on any atom is 0.308 e. The van der Waals surface area contributed by atoms with Crippen molar-refractivity contribution in [2.75, 3.05) is 6.61 Å². The van der Waals surface area contributed by atoms with Gasteiger partial charge in [0, 0.05) is 37.0 Å². The van der Waals surface area contributed by atoms with Gasteiger partial charge in [0.25, 0.3) is 0 Å². The Morgan fingerprint density at radius 3 is 1.82 bits per heavy atom. The van der Waals surface area contributed by atoms with Crippen LogP contribution in [0.15, 0.2) is 85.1 Å². The zero-order chi connectivity index (χ0) is 48.4. The van der Waals surface area contributed by atoms with Crippen molar-refractivity contribution in [3.63, 3.8) is 0 Å². The Bertz CT molecular complexity index is 1620. The van der Waals surface area contributed by atoms with E-state index in [4.69, 9.17) is 24.7 Å². The van der Waals surface area contributed by atoms with Gasteiger partial charge < -0.3 is 86.0 Å². The van der Waals surface area contributed by atoms with E-state index in [1.54, 1.807) is 75.5 Å². The average Bonchev–Trinajstić information content (AvgIpc) is 3.24. The molecule has 0 spiro atoms. The van der Waals surface area contributed by atoms with Crippen LogP contribution in [-0.4, -0.2) is 177 Å². The first kappa shape index (κ1) is 56.3. The third kappa shape index (κ3) is 17.9. The smallest absolute Gasteiger partial charge is 0.308 e. The number of fused-ring (bicyclic) bond motifs is 2. The Balaban J connectivity index is 1.86. The number of ether oxygens (including phenoxy) is 4. The minimum Gasteiger partial charge on any atom is -0.462 e. The highest BCUT2D eigenvalue weighted by Crippen LogP contribution is 2.38. The summed E-state index contributed by atoms with van der Waals surface area (Å²) in [4.78, 5) is 12.6. The molecule has 0 aromatic heterocycles. The summed E-state index contributed by atoms with van der Waals surface area (Å²) >= 11 is 0. The van der Waals surface area contributed by atoms with Gasteiger partial charge in [0.05, 0.1) is 86.2 Å². The third-order valence-electron chi connectivity index (χ3n) is 12.3. The summed E-state index contributed by atoms with van der Waals surface area (Å²) < 4.78 is 23.2. The molecular formula is C47H75NO17. The van der Waals surface area contributed by atoms with E-state index in [0.29, 0.717) is 0 Å². The van der Waals surface area contributed by atoms with Gasteiger partial charge in [0.15, 0.2) is 12.1 Å². The lowest BCUT2D eigenvalue weighted by Gasteiger charge is -2.48. The SMILES string of the molecule is CC1/C=C/C=C/C=C/C=C/C=C/C=C/C=C/C(OC2OC(C)C(O)C(N)C2O)CC2OC(O)(CC(O)CC(O)C(O)CCC(O)CC(O)CC(=O)OC(C)C(C)C1O)C(O)C(O)C2CO. The zero-order valence-electron chi connectivity index (χ0n) is 37.7. The first-order valence-electron chi connectivity index (χ1n) is 22.4. The van der Waals surface area contributed by atoms with Gasteiger partial charge in [-0.05, 0) is 33.1 Å². The number of hydrogen-bond acceptors (Lipinski definition) is 18. The zero-order valence-corrected chi connectivity index (χ0v) is 37.7. The molecule has 2 bridgehead atoms. The number of esters is 1. The van der Waals surface area contributed by atoms with Crippen LogP contribution >= 0.6 is 0 Å². The van der Waals surface area contributed by atoms with Crippen molar-refractivity contribution in [3.8, 4) is 0 Å². The lowest BCUT2D eigenvalue weighted by Crippen LogP contribution is -2.64. The maximum absolute atomic E-state index is 12.6. The highest BCUT2D eigenvalue weighted by molar-refractivity contribution is 5.70. The van der Waals surface area contributed by atoms with Crippen LogP contribution in [0.5, 0.6) is 0 Å². The molecule has 18 heteroatoms. The molecule has 0 aliphatic carbocycles. The number of aliphatic hydroxyl groups is 12. The predicted octanol–water partition coefficient (Wildman–Crippen LogP) is -0.410. The average molecular weight is 926 g/mol. The van der Waals surface area contributed by atoms with Crippen molar-refractivity contribution in [1.29, 1.82) is 0 Å². The summed E-state index contributed by atoms with van der Waals surface area (Å²) in [6, 6.07) is -1.13. The first-order chi connectivity index (χ1) is 30.7. The fourth-order valence-electron chi connectivity index (χ4n) is 7.94. The number of aliphatic hydroxyl groups excluding tert-OH is 11. The van der Waals surface area contributed by atoms with Crippen LogP contribution in [-0.2, 0) is 23.7 Å². The molecule has 3 heterocycles. The van der Waals surface area contributed by atoms with E-state index in [1.807, 2.05) is 37.3 Å². The van der Waals surface area contributed by atoms with Crippen LogP contribution in [0.4, 0.5) is 0 Å². The molecule has 3 rings (SSSR count). The minimum atomic E-state index is -2.65. The number of rotatable bonds is 3. The number of hydrogen-bond donors (Lipinski definition) is 13. The summed E-state index contributed by atoms with van der Waals surface area (Å²) in [5.74, 6) is -5.30. The van der Waals surface area contributed by atoms with Crippen molar-refractivity contribution in [2.24, 2.45) is 23.5 Å². The molecule has 0 saturated carbocycles. The molecule has 0 radical (unpaired) electrons. The molecular weight excluding hydrogens is 851 g/mol. The normalized spacial score (nSPS) is 46.7. The monoisotopic (exact) mass is 926 g/mol. The fourth-order valence-corrected chi connectivity index (χ4v) is 7.94. The number of nitrogens with two attached hydrogens (primary N) is 1. The molecule has 2 fully saturated rings. The van der Waals surface area contributed by atoms with Crippen molar-refractivity contribution >= 4 is 5.97 Å². The number of carbonyl (C=O) groups excluding carboxylic acids is 1. The summed E-state index contributed by atoms with van der Waals surface area (Å²) in [7, 11) is 0. The van der Waals surface area contributed by atoms with Gasteiger partial charge in [-0.15, -0.1) is 0 Å². The second-order valence-electron chi connectivity index (χ2n) is 17.6. The van der Waals surface area contributed by atoms with E-state index in [2.05, 4.69) is 0 Å². The highest BCUT2D eigenvalue weighted by Gasteiger charge is 2.54. The van der Waals surface area contributed by atoms with Crippen molar-refractivity contribution in [3.05, 3.63) is 85.1 Å². The molecule has 65 heavy (non-hydrogen) atoms. The summed E-state index contributed by atoms with van der Waals surface area (Å²) in [6.07, 6.45) is 2.27. The fraction of sp³-hybridized carbons (Fsp3) is 0.681. The van der Waals surface area contributed by atoms with E-state index in [-0.39, 0.29) is 31.6 Å². The summed E-state index contributed by atoms with van der Waals surface area (Å²) in [5, 5.41) is 129. The van der Waals surface area contributed by atoms with Gasteiger partial charge >= 0.3 is 5.97 Å². The summed E-state index contributed by atoms with van der Waals surface area (Å²) in [5.41, 5.74) is 6.03. The van der Waals surface area contributed by atoms with Crippen LogP contribution in [0.25, 0.3) is 0 Å². The number of cyclic esters (lactones) is 1. The van der Waals surface area contributed by atoms with E-state index in [1.165, 1.54) is 0 Å². The maximum atomic E-state index is 12.6. The molecule has 18 nitrogen and oxygen atoms in total. The van der Waals surface area contributed by atoms with Gasteiger partial charge in [-0.25, -0.2) is 0 Å². The molecule has 3 aliphatic rings. The Morgan fingerprint density at radius 1 is 0.662 bits per heavy atom. The van der Waals surface area contributed by atoms with Crippen molar-refractivity contribution in [1.82, 2.24) is 0 Å². The van der Waals surface area contributed by atoms with Crippen molar-refractivity contribution in [2.45, 2.75) is 176 Å². The van der Waals surface area contributed by atoms with Crippen LogP contribution in [0.2, 0.25) is 0 Å². The van der Waals surface area contributed by atoms with Crippen LogP contribution in [0.3, 0.4) is 0 Å². The summed E-state index contributed by atoms with van der Waals surface area (Å²) in [6.45, 7) is 6.05. The molecule has 0 aromatic rings. The van der Waals surface area contributed by atoms with Gasteiger partial charge in [0.2, 0.25) is 0 Å². The highest BCUT2D eigenvalue weighted by atomic mass is 16.7. The molecule has 20 unspecified atom stereocenters. The Kier molecular flexibility index (Phi) is 24.0. The standard InChI is InChI=1S/C47H75NO17/c1-27-17-15-13-11-9-7-5-6-8-10-12-14-16-18-34(64-46-44(59)40(48)42(57)30(4)63-46)24-38-35(26-49)43(58)45(60)47(61,65-38)25-33(52)22-37(54)36(53)20-19-31(50)21-32(51)23-39(55)62-29(3)28(2)41(27)56/h5-18,27-38,40-46,49-54,56-61H,19-26,48H2,1-4H3/b6-5+,9-7+,10-8+,13-11+,14-12+,17-15+,18-16+. The second-order valence-corrected chi connectivity index (χ2v) is 17.6. The van der Waals surface area contributed by atoms with E-state index in [0.717, 1.165) is 0 Å². The van der Waals surface area contributed by atoms with Gasteiger partial charge in [-0.2, -0.15) is 0 Å². The molecule has 20 atom stereocenters. The quantitative estimate of drug-likeness (QED) is 0.160. The number of allylic oxidation sites excluding steroid dienone is 12. The van der Waals surface area contributed by atoms with Gasteiger partial charge in [-0.1, -0.05) is 98.9 Å². The predicted molar refractivity (Wildman–Crippen MR) is 238 cm³/mol. The molecule has 14 N–H and O–H groups in total. The van der Waals surface area contributed by atoms with Gasteiger partial charge in [-0.3, -0.25) is 4.79 Å². The van der Waals surface area contributed by atoms with Crippen LogP contribution in [0.1, 0.15) is 72.6 Å². The van der Waals surface area contributed by atoms with Gasteiger partial charge in [0.1, 0.15) is 18.3 Å². The Hall–Kier alpha value is -2.99. The van der Waals surface area contributed by atoms with E-state index in [9.17, 15) is 66.1 Å². The molecule has 3 aliphatic heterocycles. The first-order valence-corrected chi connectivity index (χ1v) is 22.4. The minimum absolute atomic E-state index is 0.116. The Morgan fingerprint density at radius 2 is 1.23 bits per heavy atom. The van der Waals surface area contributed by atoms with E-state index >= 15 is 0 Å². The molecule has 0 amide bonds. The van der Waals surface area contributed by atoms with Crippen LogP contribution in [0, 0.1) is 17.8 Å². The lowest BCUT2D eigenvalue weighted by molar-refractivity contribution is -0.352. The largest absolute Gasteiger partial charge is 0.462 e. The topological polar surface area (TPSA) is 323 Å². The van der Waals surface area contributed by atoms with Crippen molar-refractivity contribution < 1.29 is 85.0 Å².